The molecule has 0 heterocycles. The minimum Gasteiger partial charge on any atom is -0.495 e. The van der Waals surface area contributed by atoms with Crippen molar-refractivity contribution in [1.82, 2.24) is 0 Å². The quantitative estimate of drug-likeness (QED) is 0.684. The number of hydrogen-bond acceptors (Lipinski definition) is 2. The topological polar surface area (TPSA) is 26.3 Å². The number of aldehydes is 1. The molecule has 1 rings (SSSR count). The van der Waals surface area contributed by atoms with Crippen molar-refractivity contribution in [2.45, 2.75) is 13.8 Å². The third-order valence-electron chi connectivity index (χ3n) is 2.06. The Morgan fingerprint density at radius 2 is 2.08 bits per heavy atom. The highest BCUT2D eigenvalue weighted by Gasteiger charge is 2.10. The summed E-state index contributed by atoms with van der Waals surface area (Å²) in [6.45, 7) is 3.66. The average Bonchev–Trinajstić information content (AvgIpc) is 2.12. The van der Waals surface area contributed by atoms with Crippen LogP contribution in [-0.2, 0) is 0 Å². The molecular weight excluding hydrogens is 188 g/mol. The number of aryl methyl sites for hydroxylation is 1. The van der Waals surface area contributed by atoms with Crippen molar-refractivity contribution >= 4 is 17.9 Å². The van der Waals surface area contributed by atoms with Gasteiger partial charge in [-0.2, -0.15) is 0 Å². The van der Waals surface area contributed by atoms with Gasteiger partial charge in [-0.25, -0.2) is 0 Å². The lowest BCUT2D eigenvalue weighted by atomic mass is 10.0. The van der Waals surface area contributed by atoms with Crippen molar-refractivity contribution in [3.8, 4) is 5.75 Å². The van der Waals surface area contributed by atoms with E-state index in [1.165, 1.54) is 0 Å². The third kappa shape index (κ3) is 1.68. The summed E-state index contributed by atoms with van der Waals surface area (Å²) in [7, 11) is 1.56. The first-order chi connectivity index (χ1) is 6.11. The number of benzene rings is 1. The van der Waals surface area contributed by atoms with E-state index < -0.39 is 0 Å². The molecule has 0 aromatic heterocycles. The Balaban J connectivity index is 3.45. The van der Waals surface area contributed by atoms with Crippen molar-refractivity contribution in [3.63, 3.8) is 0 Å². The van der Waals surface area contributed by atoms with Gasteiger partial charge in [-0.15, -0.1) is 0 Å². The van der Waals surface area contributed by atoms with E-state index >= 15 is 0 Å². The van der Waals surface area contributed by atoms with E-state index in [1.807, 2.05) is 13.8 Å². The molecule has 0 aliphatic carbocycles. The second-order valence-corrected chi connectivity index (χ2v) is 3.24. The van der Waals surface area contributed by atoms with Gasteiger partial charge in [0.1, 0.15) is 5.75 Å². The van der Waals surface area contributed by atoms with Crippen LogP contribution in [0.4, 0.5) is 0 Å². The van der Waals surface area contributed by atoms with Gasteiger partial charge in [-0.1, -0.05) is 11.6 Å². The van der Waals surface area contributed by atoms with Gasteiger partial charge in [-0.3, -0.25) is 4.79 Å². The first-order valence-electron chi connectivity index (χ1n) is 3.90. The van der Waals surface area contributed by atoms with Crippen LogP contribution in [0.15, 0.2) is 6.07 Å². The summed E-state index contributed by atoms with van der Waals surface area (Å²) in [4.78, 5) is 10.7. The Labute approximate surface area is 82.5 Å². The zero-order valence-electron chi connectivity index (χ0n) is 7.85. The standard InChI is InChI=1S/C10H11ClO2/c1-6-4-9(13-3)10(11)7(2)8(6)5-12/h4-5H,1-3H3. The molecule has 0 saturated carbocycles. The largest absolute Gasteiger partial charge is 0.495 e. The van der Waals surface area contributed by atoms with E-state index in [0.717, 1.165) is 17.4 Å². The van der Waals surface area contributed by atoms with Gasteiger partial charge in [0.05, 0.1) is 12.1 Å². The molecule has 0 fully saturated rings. The third-order valence-corrected chi connectivity index (χ3v) is 2.53. The number of methoxy groups -OCH3 is 1. The molecule has 2 nitrogen and oxygen atoms in total. The monoisotopic (exact) mass is 198 g/mol. The number of carbonyl (C=O) groups is 1. The van der Waals surface area contributed by atoms with Crippen molar-refractivity contribution in [1.29, 1.82) is 0 Å². The van der Waals surface area contributed by atoms with Crippen molar-refractivity contribution in [3.05, 3.63) is 27.8 Å². The molecule has 0 unspecified atom stereocenters. The van der Waals surface area contributed by atoms with Gasteiger partial charge < -0.3 is 4.74 Å². The molecule has 3 heteroatoms. The summed E-state index contributed by atoms with van der Waals surface area (Å²) in [6.07, 6.45) is 0.815. The summed E-state index contributed by atoms with van der Waals surface area (Å²) < 4.78 is 5.06. The van der Waals surface area contributed by atoms with Crippen molar-refractivity contribution < 1.29 is 9.53 Å². The molecule has 0 N–H and O–H groups in total. The fourth-order valence-electron chi connectivity index (χ4n) is 1.27. The Bertz CT molecular complexity index is 345. The molecule has 13 heavy (non-hydrogen) atoms. The molecule has 0 atom stereocenters. The van der Waals surface area contributed by atoms with Crippen LogP contribution >= 0.6 is 11.6 Å². The summed E-state index contributed by atoms with van der Waals surface area (Å²) >= 11 is 5.97. The lowest BCUT2D eigenvalue weighted by Crippen LogP contribution is -1.95. The normalized spacial score (nSPS) is 9.85. The van der Waals surface area contributed by atoms with Gasteiger partial charge in [-0.05, 0) is 31.0 Å². The summed E-state index contributed by atoms with van der Waals surface area (Å²) in [5, 5.41) is 0.509. The lowest BCUT2D eigenvalue weighted by Gasteiger charge is -2.10. The van der Waals surface area contributed by atoms with Crippen LogP contribution in [0.3, 0.4) is 0 Å². The Kier molecular flexibility index (Phi) is 2.94. The summed E-state index contributed by atoms with van der Waals surface area (Å²) in [5.41, 5.74) is 2.30. The van der Waals surface area contributed by atoms with Crippen LogP contribution in [0.1, 0.15) is 21.5 Å². The molecule has 0 amide bonds. The number of ether oxygens (including phenoxy) is 1. The minimum atomic E-state index is 0.509. The molecule has 0 aliphatic rings. The SMILES string of the molecule is COc1cc(C)c(C=O)c(C)c1Cl. The van der Waals surface area contributed by atoms with Gasteiger partial charge in [0.2, 0.25) is 0 Å². The fraction of sp³-hybridized carbons (Fsp3) is 0.300. The molecule has 1 aromatic rings. The van der Waals surface area contributed by atoms with Crippen LogP contribution in [0, 0.1) is 13.8 Å². The minimum absolute atomic E-state index is 0.509. The highest BCUT2D eigenvalue weighted by Crippen LogP contribution is 2.31. The van der Waals surface area contributed by atoms with Gasteiger partial charge in [0.25, 0.3) is 0 Å². The predicted octanol–water partition coefficient (Wildman–Crippen LogP) is 2.78. The Morgan fingerprint density at radius 3 is 2.54 bits per heavy atom. The summed E-state index contributed by atoms with van der Waals surface area (Å²) in [6, 6.07) is 1.76. The molecule has 1 aromatic carbocycles. The lowest BCUT2D eigenvalue weighted by molar-refractivity contribution is 0.112. The van der Waals surface area contributed by atoms with E-state index in [0.29, 0.717) is 16.3 Å². The maximum atomic E-state index is 10.7. The maximum absolute atomic E-state index is 10.7. The van der Waals surface area contributed by atoms with Gasteiger partial charge >= 0.3 is 0 Å². The highest BCUT2D eigenvalue weighted by atomic mass is 35.5. The molecule has 0 radical (unpaired) electrons. The smallest absolute Gasteiger partial charge is 0.150 e. The van der Waals surface area contributed by atoms with Crippen molar-refractivity contribution in [2.24, 2.45) is 0 Å². The molecule has 0 aliphatic heterocycles. The Hall–Kier alpha value is -1.02. The molecular formula is C10H11ClO2. The fourth-order valence-corrected chi connectivity index (χ4v) is 1.50. The van der Waals surface area contributed by atoms with Gasteiger partial charge in [0, 0.05) is 5.56 Å². The second-order valence-electron chi connectivity index (χ2n) is 2.87. The maximum Gasteiger partial charge on any atom is 0.150 e. The average molecular weight is 199 g/mol. The number of halogens is 1. The molecule has 0 saturated heterocycles. The van der Waals surface area contributed by atoms with Gasteiger partial charge in [0.15, 0.2) is 6.29 Å². The number of hydrogen-bond donors (Lipinski definition) is 0. The zero-order chi connectivity index (χ0) is 10.0. The Morgan fingerprint density at radius 1 is 1.46 bits per heavy atom. The van der Waals surface area contributed by atoms with E-state index in [1.54, 1.807) is 13.2 Å². The van der Waals surface area contributed by atoms with E-state index in [4.69, 9.17) is 16.3 Å². The van der Waals surface area contributed by atoms with Crippen LogP contribution in [-0.4, -0.2) is 13.4 Å². The van der Waals surface area contributed by atoms with E-state index in [9.17, 15) is 4.79 Å². The van der Waals surface area contributed by atoms with Crippen LogP contribution in [0.25, 0.3) is 0 Å². The van der Waals surface area contributed by atoms with Crippen LogP contribution < -0.4 is 4.74 Å². The first kappa shape index (κ1) is 10.1. The first-order valence-corrected chi connectivity index (χ1v) is 4.28. The number of rotatable bonds is 2. The van der Waals surface area contributed by atoms with Crippen LogP contribution in [0.5, 0.6) is 5.75 Å². The number of carbonyl (C=O) groups excluding carboxylic acids is 1. The van der Waals surface area contributed by atoms with Crippen LogP contribution in [0.2, 0.25) is 5.02 Å². The summed E-state index contributed by atoms with van der Waals surface area (Å²) in [5.74, 6) is 0.613. The molecule has 70 valence electrons. The molecule has 0 bridgehead atoms. The molecule has 0 spiro atoms. The highest BCUT2D eigenvalue weighted by molar-refractivity contribution is 6.33. The van der Waals surface area contributed by atoms with E-state index in [-0.39, 0.29) is 0 Å². The van der Waals surface area contributed by atoms with Crippen molar-refractivity contribution in [2.75, 3.05) is 7.11 Å². The second kappa shape index (κ2) is 3.79. The van der Waals surface area contributed by atoms with E-state index in [2.05, 4.69) is 0 Å². The predicted molar refractivity (Wildman–Crippen MR) is 52.9 cm³/mol. The zero-order valence-corrected chi connectivity index (χ0v) is 8.61.